The number of benzene rings is 2. The van der Waals surface area contributed by atoms with Crippen LogP contribution in [0.3, 0.4) is 0 Å². The number of likely N-dealkylation sites (tertiary alicyclic amines) is 1. The van der Waals surface area contributed by atoms with Gasteiger partial charge in [0.25, 0.3) is 0 Å². The highest BCUT2D eigenvalue weighted by molar-refractivity contribution is 6.10. The topological polar surface area (TPSA) is 104 Å². The largest absolute Gasteiger partial charge is 0.444 e. The highest BCUT2D eigenvalue weighted by Crippen LogP contribution is 2.35. The number of carbonyl (C=O) groups excluding carboxylic acids is 1. The molecule has 0 saturated carbocycles. The van der Waals surface area contributed by atoms with Crippen LogP contribution >= 0.6 is 0 Å². The first-order valence-electron chi connectivity index (χ1n) is 15.2. The van der Waals surface area contributed by atoms with E-state index in [-0.39, 0.29) is 18.3 Å². The van der Waals surface area contributed by atoms with Crippen molar-refractivity contribution in [2.24, 2.45) is 4.99 Å². The highest BCUT2D eigenvalue weighted by atomic mass is 16.6. The Hall–Kier alpha value is -4.92. The number of nitrogens with zero attached hydrogens (tertiary/aromatic N) is 4. The third-order valence-corrected chi connectivity index (χ3v) is 7.70. The Morgan fingerprint density at radius 1 is 1.00 bits per heavy atom. The van der Waals surface area contributed by atoms with Gasteiger partial charge in [-0.2, -0.15) is 0 Å². The Kier molecular flexibility index (Phi) is 8.45. The summed E-state index contributed by atoms with van der Waals surface area (Å²) in [5, 5.41) is 11.0. The van der Waals surface area contributed by atoms with Crippen molar-refractivity contribution in [3.8, 4) is 11.1 Å². The van der Waals surface area contributed by atoms with Crippen molar-refractivity contribution in [2.75, 3.05) is 23.7 Å². The van der Waals surface area contributed by atoms with E-state index in [1.165, 1.54) is 0 Å². The van der Waals surface area contributed by atoms with Crippen molar-refractivity contribution < 1.29 is 9.53 Å². The lowest BCUT2D eigenvalue weighted by atomic mass is 9.95. The molecule has 4 aromatic rings. The Morgan fingerprint density at radius 3 is 2.55 bits per heavy atom. The summed E-state index contributed by atoms with van der Waals surface area (Å²) in [4.78, 5) is 28.4. The minimum atomic E-state index is -0.494. The summed E-state index contributed by atoms with van der Waals surface area (Å²) in [6, 6.07) is 24.9. The van der Waals surface area contributed by atoms with Gasteiger partial charge in [0.1, 0.15) is 17.6 Å². The molecule has 2 aromatic heterocycles. The van der Waals surface area contributed by atoms with Crippen LogP contribution < -0.4 is 16.0 Å². The van der Waals surface area contributed by atoms with Crippen LogP contribution in [0, 0.1) is 0 Å². The number of aliphatic imine (C=N–C) groups is 1. The van der Waals surface area contributed by atoms with Crippen LogP contribution in [0.5, 0.6) is 0 Å². The smallest absolute Gasteiger partial charge is 0.410 e. The van der Waals surface area contributed by atoms with Crippen LogP contribution in [0.15, 0.2) is 96.4 Å². The molecular weight excluding hydrogens is 550 g/mol. The number of carbonyl (C=O) groups is 1. The van der Waals surface area contributed by atoms with Crippen LogP contribution in [-0.4, -0.2) is 51.5 Å². The van der Waals surface area contributed by atoms with E-state index >= 15 is 0 Å². The molecule has 1 atom stereocenters. The predicted octanol–water partition coefficient (Wildman–Crippen LogP) is 6.62. The monoisotopic (exact) mass is 589 g/mol. The number of piperidine rings is 1. The first-order valence-corrected chi connectivity index (χ1v) is 15.2. The Morgan fingerprint density at radius 2 is 1.80 bits per heavy atom. The van der Waals surface area contributed by atoms with Crippen LogP contribution in [-0.2, 0) is 11.3 Å². The number of ether oxygens (including phenoxy) is 1. The first-order chi connectivity index (χ1) is 21.3. The maximum Gasteiger partial charge on any atom is 0.410 e. The first kappa shape index (κ1) is 29.2. The van der Waals surface area contributed by atoms with Gasteiger partial charge in [-0.25, -0.2) is 4.79 Å². The minimum Gasteiger partial charge on any atom is -0.444 e. The molecule has 1 amide bonds. The lowest BCUT2D eigenvalue weighted by molar-refractivity contribution is 0.0210. The highest BCUT2D eigenvalue weighted by Gasteiger charge is 2.28. The number of amides is 1. The van der Waals surface area contributed by atoms with E-state index < -0.39 is 5.60 Å². The molecule has 6 rings (SSSR count). The third-order valence-electron chi connectivity index (χ3n) is 7.70. The van der Waals surface area contributed by atoms with Gasteiger partial charge in [0, 0.05) is 54.5 Å². The van der Waals surface area contributed by atoms with Gasteiger partial charge in [0.2, 0.25) is 0 Å². The van der Waals surface area contributed by atoms with Crippen LogP contribution in [0.1, 0.15) is 56.6 Å². The van der Waals surface area contributed by atoms with E-state index in [1.807, 2.05) is 57.4 Å². The summed E-state index contributed by atoms with van der Waals surface area (Å²) < 4.78 is 5.55. The van der Waals surface area contributed by atoms with E-state index in [0.29, 0.717) is 19.6 Å². The number of rotatable bonds is 6. The maximum atomic E-state index is 12.5. The van der Waals surface area contributed by atoms with Crippen molar-refractivity contribution in [1.29, 1.82) is 0 Å². The van der Waals surface area contributed by atoms with Gasteiger partial charge in [-0.3, -0.25) is 15.0 Å². The quantitative estimate of drug-likeness (QED) is 0.232. The molecule has 3 N–H and O–H groups in total. The number of hydrogen-bond acceptors (Lipinski definition) is 7. The number of aromatic nitrogens is 2. The van der Waals surface area contributed by atoms with Gasteiger partial charge in [0.05, 0.1) is 17.9 Å². The molecule has 2 aliphatic heterocycles. The number of hydrogen-bond donors (Lipinski definition) is 3. The summed E-state index contributed by atoms with van der Waals surface area (Å²) in [7, 11) is 0. The number of anilines is 2. The molecule has 0 radical (unpaired) electrons. The molecule has 1 fully saturated rings. The molecule has 0 aliphatic carbocycles. The molecule has 0 bridgehead atoms. The lowest BCUT2D eigenvalue weighted by Gasteiger charge is -2.34. The lowest BCUT2D eigenvalue weighted by Crippen LogP contribution is -2.44. The molecule has 1 saturated heterocycles. The third kappa shape index (κ3) is 6.99. The summed E-state index contributed by atoms with van der Waals surface area (Å²) in [6.07, 6.45) is 6.72. The summed E-state index contributed by atoms with van der Waals surface area (Å²) in [5.74, 6) is 0.807. The van der Waals surface area contributed by atoms with Crippen LogP contribution in [0.2, 0.25) is 0 Å². The number of pyridine rings is 2. The standard InChI is InChI=1S/C35H39N7O2/c1-35(2,3)44-34(43)42-18-15-26(16-19-42)39-28-20-25(21-36-22-28)32-40-30-14-9-13-29(24-10-5-4-6-11-24)31(30)33(41-32)38-23-27-12-7-8-17-37-27/h4-14,17,20-22,26,32,39-40H,15-16,18-19,23H2,1-3H3,(H,38,41). The summed E-state index contributed by atoms with van der Waals surface area (Å²) in [6.45, 7) is 7.45. The van der Waals surface area contributed by atoms with Crippen molar-refractivity contribution in [1.82, 2.24) is 20.2 Å². The number of fused-ring (bicyclic) bond motifs is 1. The van der Waals surface area contributed by atoms with Crippen molar-refractivity contribution in [2.45, 2.75) is 58.0 Å². The zero-order valence-electron chi connectivity index (χ0n) is 25.5. The van der Waals surface area contributed by atoms with Crippen molar-refractivity contribution in [3.63, 3.8) is 0 Å². The molecule has 4 heterocycles. The predicted molar refractivity (Wildman–Crippen MR) is 175 cm³/mol. The Balaban J connectivity index is 1.21. The molecule has 44 heavy (non-hydrogen) atoms. The SMILES string of the molecule is CC(C)(C)OC(=O)N1CCC(Nc2cncc(C3NC(=NCc4ccccn4)c4c(cccc4-c4ccccc4)N3)c2)CC1. The Bertz CT molecular complexity index is 1610. The normalized spacial score (nSPS) is 17.8. The van der Waals surface area contributed by atoms with Gasteiger partial charge in [-0.1, -0.05) is 48.5 Å². The molecule has 9 nitrogen and oxygen atoms in total. The zero-order chi connectivity index (χ0) is 30.5. The molecule has 0 spiro atoms. The van der Waals surface area contributed by atoms with Gasteiger partial charge in [-0.05, 0) is 69.0 Å². The van der Waals surface area contributed by atoms with Gasteiger partial charge >= 0.3 is 6.09 Å². The minimum absolute atomic E-state index is 0.237. The molecule has 2 aliphatic rings. The van der Waals surface area contributed by atoms with Gasteiger partial charge in [0.15, 0.2) is 0 Å². The fourth-order valence-electron chi connectivity index (χ4n) is 5.59. The summed E-state index contributed by atoms with van der Waals surface area (Å²) in [5.41, 5.74) is 6.61. The van der Waals surface area contributed by atoms with E-state index in [9.17, 15) is 4.79 Å². The van der Waals surface area contributed by atoms with E-state index in [1.54, 1.807) is 11.1 Å². The molecule has 226 valence electrons. The zero-order valence-corrected chi connectivity index (χ0v) is 25.5. The molecule has 9 heteroatoms. The fourth-order valence-corrected chi connectivity index (χ4v) is 5.59. The van der Waals surface area contributed by atoms with Crippen LogP contribution in [0.25, 0.3) is 11.1 Å². The molecule has 1 unspecified atom stereocenters. The van der Waals surface area contributed by atoms with Gasteiger partial charge in [-0.15, -0.1) is 0 Å². The maximum absolute atomic E-state index is 12.5. The number of amidine groups is 1. The fraction of sp³-hybridized carbons (Fsp3) is 0.314. The second-order valence-electron chi connectivity index (χ2n) is 12.2. The molecular formula is C35H39N7O2. The average molecular weight is 590 g/mol. The van der Waals surface area contributed by atoms with E-state index in [0.717, 1.165) is 58.0 Å². The van der Waals surface area contributed by atoms with Crippen molar-refractivity contribution >= 4 is 23.3 Å². The second-order valence-corrected chi connectivity index (χ2v) is 12.2. The van der Waals surface area contributed by atoms with Crippen LogP contribution in [0.4, 0.5) is 16.2 Å². The second kappa shape index (κ2) is 12.8. The number of nitrogens with one attached hydrogen (secondary N) is 3. The molecule has 2 aromatic carbocycles. The average Bonchev–Trinajstić information content (AvgIpc) is 3.04. The van der Waals surface area contributed by atoms with E-state index in [2.05, 4.69) is 74.4 Å². The van der Waals surface area contributed by atoms with E-state index in [4.69, 9.17) is 9.73 Å². The Labute approximate surface area is 258 Å². The summed E-state index contributed by atoms with van der Waals surface area (Å²) >= 11 is 0. The van der Waals surface area contributed by atoms with Crippen molar-refractivity contribution in [3.05, 3.63) is 108 Å². The van der Waals surface area contributed by atoms with Gasteiger partial charge < -0.3 is 25.6 Å².